The van der Waals surface area contributed by atoms with Crippen LogP contribution in [0, 0.1) is 0 Å². The molecule has 2 aromatic heterocycles. The molecule has 3 N–H and O–H groups in total. The zero-order valence-corrected chi connectivity index (χ0v) is 17.6. The van der Waals surface area contributed by atoms with Crippen molar-refractivity contribution in [2.45, 2.75) is 4.90 Å². The van der Waals surface area contributed by atoms with Gasteiger partial charge in [-0.1, -0.05) is 60.1 Å². The van der Waals surface area contributed by atoms with Crippen molar-refractivity contribution >= 4 is 32.4 Å². The number of H-pyrrole nitrogens is 1. The van der Waals surface area contributed by atoms with Gasteiger partial charge < -0.3 is 9.40 Å². The average molecular weight is 450 g/mol. The minimum atomic E-state index is -3.78. The monoisotopic (exact) mass is 449 g/mol. The van der Waals surface area contributed by atoms with Crippen molar-refractivity contribution in [3.8, 4) is 34.1 Å². The normalized spacial score (nSPS) is 11.8. The standard InChI is InChI=1S/C23H16ClN3O3S/c24-17-9-5-14(6-10-17)20-21(15-7-11-18(12-8-15)31(25,28)29)27-23(26-20)22-19-4-2-1-3-16(19)13-30-22/h1-13H,(H,26,27)(H2,25,28,29). The number of rotatable bonds is 4. The van der Waals surface area contributed by atoms with Gasteiger partial charge in [0, 0.05) is 26.9 Å². The Bertz CT molecular complexity index is 1500. The number of imidazole rings is 1. The molecule has 0 fully saturated rings. The molecule has 0 aliphatic carbocycles. The highest BCUT2D eigenvalue weighted by Crippen LogP contribution is 2.36. The Labute approximate surface area is 183 Å². The third-order valence-corrected chi connectivity index (χ3v) is 6.20. The van der Waals surface area contributed by atoms with Crippen LogP contribution in [0.1, 0.15) is 0 Å². The van der Waals surface area contributed by atoms with Gasteiger partial charge in [0.05, 0.1) is 22.5 Å². The van der Waals surface area contributed by atoms with E-state index in [-0.39, 0.29) is 4.90 Å². The van der Waals surface area contributed by atoms with Crippen molar-refractivity contribution in [1.82, 2.24) is 9.97 Å². The van der Waals surface area contributed by atoms with Crippen LogP contribution in [0.2, 0.25) is 5.02 Å². The number of hydrogen-bond donors (Lipinski definition) is 2. The molecule has 0 aliphatic rings. The molecule has 3 aromatic carbocycles. The second kappa shape index (κ2) is 7.39. The van der Waals surface area contributed by atoms with E-state index in [1.807, 2.05) is 36.4 Å². The minimum absolute atomic E-state index is 0.0426. The minimum Gasteiger partial charge on any atom is -0.460 e. The molecule has 8 heteroatoms. The molecule has 0 spiro atoms. The lowest BCUT2D eigenvalue weighted by Crippen LogP contribution is -2.11. The molecule has 0 unspecified atom stereocenters. The molecule has 0 saturated heterocycles. The van der Waals surface area contributed by atoms with Crippen molar-refractivity contribution in [2.75, 3.05) is 0 Å². The molecule has 6 nitrogen and oxygen atoms in total. The molecule has 0 radical (unpaired) electrons. The first-order valence-corrected chi connectivity index (χ1v) is 11.3. The maximum absolute atomic E-state index is 11.6. The summed E-state index contributed by atoms with van der Waals surface area (Å²) in [7, 11) is -3.78. The Morgan fingerprint density at radius 1 is 0.903 bits per heavy atom. The summed E-state index contributed by atoms with van der Waals surface area (Å²) in [4.78, 5) is 8.20. The molecule has 5 rings (SSSR count). The fourth-order valence-electron chi connectivity index (χ4n) is 3.49. The van der Waals surface area contributed by atoms with Crippen molar-refractivity contribution in [1.29, 1.82) is 0 Å². The molecule has 0 bridgehead atoms. The number of aromatic nitrogens is 2. The number of fused-ring (bicyclic) bond motifs is 1. The van der Waals surface area contributed by atoms with Crippen LogP contribution < -0.4 is 5.14 Å². The van der Waals surface area contributed by atoms with E-state index in [1.165, 1.54) is 12.1 Å². The lowest BCUT2D eigenvalue weighted by molar-refractivity contribution is 0.583. The van der Waals surface area contributed by atoms with Gasteiger partial charge in [-0.3, -0.25) is 0 Å². The van der Waals surface area contributed by atoms with Crippen LogP contribution in [0.3, 0.4) is 0 Å². The van der Waals surface area contributed by atoms with Gasteiger partial charge in [0.2, 0.25) is 10.0 Å². The zero-order valence-electron chi connectivity index (χ0n) is 16.0. The summed E-state index contributed by atoms with van der Waals surface area (Å²) < 4.78 is 29.0. The molecule has 31 heavy (non-hydrogen) atoms. The van der Waals surface area contributed by atoms with Crippen LogP contribution in [0.15, 0.2) is 88.4 Å². The highest BCUT2D eigenvalue weighted by molar-refractivity contribution is 7.89. The van der Waals surface area contributed by atoms with Crippen molar-refractivity contribution in [3.05, 3.63) is 84.1 Å². The Morgan fingerprint density at radius 3 is 2.29 bits per heavy atom. The van der Waals surface area contributed by atoms with Crippen molar-refractivity contribution in [3.63, 3.8) is 0 Å². The van der Waals surface area contributed by atoms with E-state index in [1.54, 1.807) is 30.5 Å². The van der Waals surface area contributed by atoms with E-state index in [9.17, 15) is 8.42 Å². The van der Waals surface area contributed by atoms with E-state index >= 15 is 0 Å². The third kappa shape index (κ3) is 3.63. The summed E-state index contributed by atoms with van der Waals surface area (Å²) in [5, 5.41) is 7.76. The molecular weight excluding hydrogens is 434 g/mol. The van der Waals surface area contributed by atoms with Crippen LogP contribution in [-0.2, 0) is 10.0 Å². The summed E-state index contributed by atoms with van der Waals surface area (Å²) in [5.74, 6) is 1.19. The van der Waals surface area contributed by atoms with Gasteiger partial charge in [-0.25, -0.2) is 18.5 Å². The summed E-state index contributed by atoms with van der Waals surface area (Å²) in [6.45, 7) is 0. The number of nitrogens with one attached hydrogen (secondary N) is 1. The first-order chi connectivity index (χ1) is 14.9. The summed E-state index contributed by atoms with van der Waals surface area (Å²) in [5.41, 5.74) is 3.02. The van der Waals surface area contributed by atoms with E-state index < -0.39 is 10.0 Å². The molecule has 0 atom stereocenters. The second-order valence-corrected chi connectivity index (χ2v) is 9.04. The van der Waals surface area contributed by atoms with Gasteiger partial charge >= 0.3 is 0 Å². The second-order valence-electron chi connectivity index (χ2n) is 7.04. The lowest BCUT2D eigenvalue weighted by Gasteiger charge is -2.05. The Kier molecular flexibility index (Phi) is 4.66. The van der Waals surface area contributed by atoms with Gasteiger partial charge in [-0.05, 0) is 24.3 Å². The van der Waals surface area contributed by atoms with E-state index in [2.05, 4.69) is 4.98 Å². The van der Waals surface area contributed by atoms with Gasteiger partial charge in [0.1, 0.15) is 0 Å². The van der Waals surface area contributed by atoms with Crippen LogP contribution in [0.4, 0.5) is 0 Å². The molecule has 0 amide bonds. The third-order valence-electron chi connectivity index (χ3n) is 5.02. The van der Waals surface area contributed by atoms with E-state index in [0.717, 1.165) is 27.6 Å². The summed E-state index contributed by atoms with van der Waals surface area (Å²) >= 11 is 6.06. The predicted octanol–water partition coefficient (Wildman–Crippen LogP) is 5.46. The van der Waals surface area contributed by atoms with Crippen molar-refractivity contribution in [2.24, 2.45) is 5.14 Å². The fraction of sp³-hybridized carbons (Fsp3) is 0. The lowest BCUT2D eigenvalue weighted by atomic mass is 10.1. The number of hydrogen-bond acceptors (Lipinski definition) is 4. The predicted molar refractivity (Wildman–Crippen MR) is 121 cm³/mol. The van der Waals surface area contributed by atoms with Gasteiger partial charge in [0.25, 0.3) is 0 Å². The first-order valence-electron chi connectivity index (χ1n) is 9.36. The molecule has 5 aromatic rings. The Morgan fingerprint density at radius 2 is 1.58 bits per heavy atom. The van der Waals surface area contributed by atoms with E-state index in [0.29, 0.717) is 22.3 Å². The van der Waals surface area contributed by atoms with E-state index in [4.69, 9.17) is 26.1 Å². The highest BCUT2D eigenvalue weighted by Gasteiger charge is 2.19. The molecule has 2 heterocycles. The quantitative estimate of drug-likeness (QED) is 0.380. The number of nitrogens with zero attached hydrogens (tertiary/aromatic N) is 1. The maximum Gasteiger partial charge on any atom is 0.238 e. The van der Waals surface area contributed by atoms with Crippen LogP contribution >= 0.6 is 11.6 Å². The number of nitrogens with two attached hydrogens (primary N) is 1. The van der Waals surface area contributed by atoms with Crippen LogP contribution in [0.25, 0.3) is 44.9 Å². The summed E-state index contributed by atoms with van der Waals surface area (Å²) in [6.07, 6.45) is 1.69. The van der Waals surface area contributed by atoms with Crippen molar-refractivity contribution < 1.29 is 12.8 Å². The number of aromatic amines is 1. The van der Waals surface area contributed by atoms with Gasteiger partial charge in [-0.15, -0.1) is 0 Å². The molecule has 0 saturated carbocycles. The highest BCUT2D eigenvalue weighted by atomic mass is 35.5. The number of benzene rings is 3. The first kappa shape index (κ1) is 19.6. The molecular formula is C23H16ClN3O3S. The van der Waals surface area contributed by atoms with Crippen LogP contribution in [-0.4, -0.2) is 18.4 Å². The maximum atomic E-state index is 11.6. The number of sulfonamides is 1. The zero-order chi connectivity index (χ0) is 21.6. The topological polar surface area (TPSA) is 102 Å². The van der Waals surface area contributed by atoms with Gasteiger partial charge in [0.15, 0.2) is 11.6 Å². The number of halogens is 1. The number of furan rings is 1. The Hall–Kier alpha value is -3.39. The fourth-order valence-corrected chi connectivity index (χ4v) is 4.13. The van der Waals surface area contributed by atoms with Gasteiger partial charge in [-0.2, -0.15) is 0 Å². The Balaban J connectivity index is 1.70. The molecule has 0 aliphatic heterocycles. The largest absolute Gasteiger partial charge is 0.460 e. The summed E-state index contributed by atoms with van der Waals surface area (Å²) in [6, 6.07) is 21.5. The number of primary sulfonamides is 1. The van der Waals surface area contributed by atoms with Crippen LogP contribution in [0.5, 0.6) is 0 Å². The molecule has 154 valence electrons. The average Bonchev–Trinajstić information content (AvgIpc) is 3.38. The smallest absolute Gasteiger partial charge is 0.238 e. The SMILES string of the molecule is NS(=O)(=O)c1ccc(-c2[nH]c(-c3occ4ccccc34)nc2-c2ccc(Cl)cc2)cc1.